The number of carbonyl (C=O) groups excluding carboxylic acids is 2. The van der Waals surface area contributed by atoms with Crippen LogP contribution in [0.4, 0.5) is 5.69 Å². The lowest BCUT2D eigenvalue weighted by molar-refractivity contribution is 0.0642. The summed E-state index contributed by atoms with van der Waals surface area (Å²) in [4.78, 5) is 37.6. The number of fused-ring (bicyclic) bond motifs is 1. The molecule has 2 aliphatic heterocycles. The first kappa shape index (κ1) is 23.1. The number of benzene rings is 2. The van der Waals surface area contributed by atoms with Crippen LogP contribution in [0.1, 0.15) is 45.0 Å². The van der Waals surface area contributed by atoms with Crippen LogP contribution in [0, 0.1) is 5.92 Å². The van der Waals surface area contributed by atoms with Gasteiger partial charge in [0.1, 0.15) is 5.01 Å². The van der Waals surface area contributed by atoms with Crippen LogP contribution < -0.4 is 4.90 Å². The molecule has 2 amide bonds. The predicted octanol–water partition coefficient (Wildman–Crippen LogP) is 5.08. The van der Waals surface area contributed by atoms with Gasteiger partial charge in [-0.15, -0.1) is 11.3 Å². The molecule has 0 radical (unpaired) electrons. The molecule has 1 aliphatic carbocycles. The first-order valence-corrected chi connectivity index (χ1v) is 13.7. The molecular formula is C29H30N4O2S. The molecule has 1 atom stereocenters. The fourth-order valence-corrected chi connectivity index (χ4v) is 6.33. The molecule has 6 nitrogen and oxygen atoms in total. The fraction of sp³-hybridized carbons (Fsp3) is 0.345. The zero-order valence-corrected chi connectivity index (χ0v) is 21.1. The number of hydrogen-bond acceptors (Lipinski definition) is 6. The number of nitrogens with zero attached hydrogens (tertiary/aromatic N) is 4. The van der Waals surface area contributed by atoms with E-state index < -0.39 is 0 Å². The lowest BCUT2D eigenvalue weighted by atomic mass is 9.94. The number of hydrogen-bond donors (Lipinski definition) is 0. The number of aromatic nitrogens is 1. The van der Waals surface area contributed by atoms with Crippen LogP contribution in [0.15, 0.2) is 66.1 Å². The Kier molecular flexibility index (Phi) is 6.42. The van der Waals surface area contributed by atoms with E-state index in [4.69, 9.17) is 4.98 Å². The Bertz CT molecular complexity index is 1290. The van der Waals surface area contributed by atoms with Gasteiger partial charge in [0, 0.05) is 43.7 Å². The van der Waals surface area contributed by atoms with Crippen molar-refractivity contribution in [3.8, 4) is 11.3 Å². The molecule has 1 saturated heterocycles. The van der Waals surface area contributed by atoms with E-state index in [1.54, 1.807) is 6.07 Å². The van der Waals surface area contributed by atoms with Crippen molar-refractivity contribution in [3.63, 3.8) is 0 Å². The third-order valence-corrected chi connectivity index (χ3v) is 8.33. The Morgan fingerprint density at radius 1 is 0.917 bits per heavy atom. The van der Waals surface area contributed by atoms with Gasteiger partial charge < -0.3 is 4.90 Å². The fourth-order valence-electron chi connectivity index (χ4n) is 5.54. The van der Waals surface area contributed by atoms with E-state index in [1.165, 1.54) is 35.5 Å². The number of anilines is 1. The first-order chi connectivity index (χ1) is 17.7. The van der Waals surface area contributed by atoms with Crippen molar-refractivity contribution in [3.05, 3.63) is 82.2 Å². The van der Waals surface area contributed by atoms with Gasteiger partial charge in [0.15, 0.2) is 0 Å². The quantitative estimate of drug-likeness (QED) is 0.350. The molecule has 184 valence electrons. The minimum Gasteiger partial charge on any atom is -0.368 e. The van der Waals surface area contributed by atoms with Crippen LogP contribution in [-0.2, 0) is 6.54 Å². The molecule has 0 saturated carbocycles. The zero-order chi connectivity index (χ0) is 24.5. The SMILES string of the molecule is O=C1c2cccc(N3CCN(CC4CC=CCC4)CC3)c2C(=O)N1Cc1nc(-c2ccccc2)cs1. The second kappa shape index (κ2) is 9.99. The van der Waals surface area contributed by atoms with Crippen LogP contribution in [0.3, 0.4) is 0 Å². The van der Waals surface area contributed by atoms with Crippen molar-refractivity contribution in [1.82, 2.24) is 14.8 Å². The molecule has 6 rings (SSSR count). The molecule has 0 N–H and O–H groups in total. The Morgan fingerprint density at radius 2 is 1.75 bits per heavy atom. The summed E-state index contributed by atoms with van der Waals surface area (Å²) in [6.07, 6.45) is 8.27. The molecule has 3 heterocycles. The number of carbonyl (C=O) groups is 2. The average Bonchev–Trinajstić information content (AvgIpc) is 3.49. The lowest BCUT2D eigenvalue weighted by Gasteiger charge is -2.38. The highest BCUT2D eigenvalue weighted by Crippen LogP contribution is 2.34. The minimum atomic E-state index is -0.225. The largest absolute Gasteiger partial charge is 0.368 e. The summed E-state index contributed by atoms with van der Waals surface area (Å²) in [5, 5.41) is 2.74. The van der Waals surface area contributed by atoms with Crippen molar-refractivity contribution >= 4 is 28.8 Å². The summed E-state index contributed by atoms with van der Waals surface area (Å²) in [7, 11) is 0. The third-order valence-electron chi connectivity index (χ3n) is 7.50. The monoisotopic (exact) mass is 498 g/mol. The molecule has 0 spiro atoms. The molecule has 0 bridgehead atoms. The number of imide groups is 1. The third kappa shape index (κ3) is 4.49. The van der Waals surface area contributed by atoms with E-state index in [9.17, 15) is 9.59 Å². The summed E-state index contributed by atoms with van der Waals surface area (Å²) >= 11 is 1.48. The van der Waals surface area contributed by atoms with Crippen LogP contribution in [0.5, 0.6) is 0 Å². The highest BCUT2D eigenvalue weighted by molar-refractivity contribution is 7.10. The Labute approximate surface area is 215 Å². The lowest BCUT2D eigenvalue weighted by Crippen LogP contribution is -2.48. The van der Waals surface area contributed by atoms with E-state index in [0.29, 0.717) is 11.1 Å². The van der Waals surface area contributed by atoms with E-state index in [0.717, 1.165) is 60.6 Å². The average molecular weight is 499 g/mol. The van der Waals surface area contributed by atoms with Gasteiger partial charge in [-0.1, -0.05) is 48.6 Å². The maximum absolute atomic E-state index is 13.5. The van der Waals surface area contributed by atoms with Gasteiger partial charge in [-0.05, 0) is 37.3 Å². The van der Waals surface area contributed by atoms with Crippen molar-refractivity contribution in [2.24, 2.45) is 5.92 Å². The maximum atomic E-state index is 13.5. The number of allylic oxidation sites excluding steroid dienone is 2. The molecular weight excluding hydrogens is 468 g/mol. The smallest absolute Gasteiger partial charge is 0.264 e. The number of thiazole rings is 1. The Hall–Kier alpha value is -3.29. The molecule has 1 fully saturated rings. The normalized spacial score (nSPS) is 20.3. The summed E-state index contributed by atoms with van der Waals surface area (Å²) in [6, 6.07) is 15.6. The minimum absolute atomic E-state index is 0.201. The molecule has 1 aromatic heterocycles. The van der Waals surface area contributed by atoms with Gasteiger partial charge in [0.05, 0.1) is 29.1 Å². The van der Waals surface area contributed by atoms with Gasteiger partial charge in [-0.3, -0.25) is 19.4 Å². The molecule has 36 heavy (non-hydrogen) atoms. The summed E-state index contributed by atoms with van der Waals surface area (Å²) < 4.78 is 0. The van der Waals surface area contributed by atoms with Gasteiger partial charge in [-0.25, -0.2) is 4.98 Å². The van der Waals surface area contributed by atoms with Crippen molar-refractivity contribution < 1.29 is 9.59 Å². The van der Waals surface area contributed by atoms with E-state index >= 15 is 0 Å². The first-order valence-electron chi connectivity index (χ1n) is 12.8. The summed E-state index contributed by atoms with van der Waals surface area (Å²) in [6.45, 7) is 5.05. The predicted molar refractivity (Wildman–Crippen MR) is 143 cm³/mol. The Morgan fingerprint density at radius 3 is 2.53 bits per heavy atom. The van der Waals surface area contributed by atoms with Crippen LogP contribution in [0.25, 0.3) is 11.3 Å². The number of amides is 2. The maximum Gasteiger partial charge on any atom is 0.264 e. The topological polar surface area (TPSA) is 56.8 Å². The number of piperazine rings is 1. The molecule has 1 unspecified atom stereocenters. The molecule has 2 aromatic carbocycles. The van der Waals surface area contributed by atoms with Gasteiger partial charge in [0.25, 0.3) is 11.8 Å². The van der Waals surface area contributed by atoms with Crippen molar-refractivity contribution in [2.45, 2.75) is 25.8 Å². The highest BCUT2D eigenvalue weighted by atomic mass is 32.1. The van der Waals surface area contributed by atoms with E-state index in [1.807, 2.05) is 47.8 Å². The van der Waals surface area contributed by atoms with E-state index in [-0.39, 0.29) is 18.4 Å². The molecule has 3 aromatic rings. The second-order valence-electron chi connectivity index (χ2n) is 9.83. The molecule has 3 aliphatic rings. The van der Waals surface area contributed by atoms with Crippen LogP contribution >= 0.6 is 11.3 Å². The van der Waals surface area contributed by atoms with Gasteiger partial charge in [-0.2, -0.15) is 0 Å². The highest BCUT2D eigenvalue weighted by Gasteiger charge is 2.39. The van der Waals surface area contributed by atoms with Crippen molar-refractivity contribution in [1.29, 1.82) is 0 Å². The van der Waals surface area contributed by atoms with Gasteiger partial charge >= 0.3 is 0 Å². The zero-order valence-electron chi connectivity index (χ0n) is 20.3. The second-order valence-corrected chi connectivity index (χ2v) is 10.8. The molecule has 7 heteroatoms. The summed E-state index contributed by atoms with van der Waals surface area (Å²) in [5.41, 5.74) is 3.85. The van der Waals surface area contributed by atoms with E-state index in [2.05, 4.69) is 22.0 Å². The van der Waals surface area contributed by atoms with Crippen LogP contribution in [0.2, 0.25) is 0 Å². The number of rotatable bonds is 6. The standard InChI is InChI=1S/C29H30N4O2S/c34-28-23-12-7-13-25(32-16-14-31(15-17-32)18-21-8-3-1-4-9-21)27(23)29(35)33(28)19-26-30-24(20-36-26)22-10-5-2-6-11-22/h1-3,5-7,10-13,20-21H,4,8-9,14-19H2. The van der Waals surface area contributed by atoms with Crippen LogP contribution in [-0.4, -0.2) is 59.3 Å². The summed E-state index contributed by atoms with van der Waals surface area (Å²) in [5.74, 6) is 0.319. The van der Waals surface area contributed by atoms with Gasteiger partial charge in [0.2, 0.25) is 0 Å². The Balaban J connectivity index is 1.15. The van der Waals surface area contributed by atoms with Crippen molar-refractivity contribution in [2.75, 3.05) is 37.6 Å².